The van der Waals surface area contributed by atoms with Crippen LogP contribution in [0.3, 0.4) is 0 Å². The van der Waals surface area contributed by atoms with Gasteiger partial charge in [-0.3, -0.25) is 14.6 Å². The van der Waals surface area contributed by atoms with Crippen molar-refractivity contribution >= 4 is 29.1 Å². The zero-order valence-electron chi connectivity index (χ0n) is 14.4. The van der Waals surface area contributed by atoms with Gasteiger partial charge in [0.25, 0.3) is 0 Å². The highest BCUT2D eigenvalue weighted by Gasteiger charge is 2.38. The Morgan fingerprint density at radius 2 is 2.04 bits per heavy atom. The summed E-state index contributed by atoms with van der Waals surface area (Å²) in [5.41, 5.74) is 7.07. The Kier molecular flexibility index (Phi) is 6.52. The van der Waals surface area contributed by atoms with Crippen LogP contribution in [-0.4, -0.2) is 52.0 Å². The van der Waals surface area contributed by atoms with Gasteiger partial charge < -0.3 is 21.1 Å². The van der Waals surface area contributed by atoms with Gasteiger partial charge in [-0.2, -0.15) is 13.2 Å². The molecule has 0 spiro atoms. The van der Waals surface area contributed by atoms with Gasteiger partial charge in [-0.05, 0) is 29.5 Å². The number of nitrogens with zero attached hydrogens (tertiary/aromatic N) is 2. The van der Waals surface area contributed by atoms with Crippen molar-refractivity contribution in [3.63, 3.8) is 0 Å². The predicted molar refractivity (Wildman–Crippen MR) is 91.7 cm³/mol. The average Bonchev–Trinajstić information content (AvgIpc) is 3.01. The number of fused-ring (bicyclic) bond motifs is 1. The second-order valence-electron chi connectivity index (χ2n) is 5.89. The molecule has 2 atom stereocenters. The van der Waals surface area contributed by atoms with Crippen molar-refractivity contribution in [2.75, 3.05) is 6.54 Å². The standard InChI is InChI=1S/C15H16N4O2.C2HF3O2/c16-14(19-6-4-13(15(19)21)18-9-20)11-2-1-10-3-5-17-8-12(10)7-11;3-2(4,5)1(6)7/h1-3,5,7-9,13-14H,4,6,16H2,(H,18,20);(H,6,7)/t13-,14+;/m0./s1. The molecule has 1 aromatic heterocycles. The smallest absolute Gasteiger partial charge is 0.475 e. The molecule has 1 aliphatic rings. The molecule has 0 radical (unpaired) electrons. The summed E-state index contributed by atoms with van der Waals surface area (Å²) in [6.45, 7) is 0.538. The zero-order valence-corrected chi connectivity index (χ0v) is 14.4. The van der Waals surface area contributed by atoms with Crippen LogP contribution in [0.2, 0.25) is 0 Å². The third-order valence-electron chi connectivity index (χ3n) is 4.09. The van der Waals surface area contributed by atoms with E-state index in [1.54, 1.807) is 17.3 Å². The Morgan fingerprint density at radius 3 is 2.64 bits per heavy atom. The van der Waals surface area contributed by atoms with Gasteiger partial charge in [0.15, 0.2) is 0 Å². The number of hydrogen-bond acceptors (Lipinski definition) is 5. The number of carbonyl (C=O) groups is 3. The molecule has 28 heavy (non-hydrogen) atoms. The quantitative estimate of drug-likeness (QED) is 0.664. The number of hydrogen-bond donors (Lipinski definition) is 3. The molecule has 3 rings (SSSR count). The molecule has 2 amide bonds. The van der Waals surface area contributed by atoms with Crippen LogP contribution in [0, 0.1) is 0 Å². The SMILES string of the molecule is N[C@@H](c1ccc2ccncc2c1)N1CC[C@H](NC=O)C1=O.O=C(O)C(F)(F)F. The molecule has 8 nitrogen and oxygen atoms in total. The lowest BCUT2D eigenvalue weighted by Gasteiger charge is -2.25. The lowest BCUT2D eigenvalue weighted by molar-refractivity contribution is -0.192. The Bertz CT molecular complexity index is 875. The topological polar surface area (TPSA) is 126 Å². The fraction of sp³-hybridized carbons (Fsp3) is 0.294. The van der Waals surface area contributed by atoms with Gasteiger partial charge in [0.1, 0.15) is 12.2 Å². The summed E-state index contributed by atoms with van der Waals surface area (Å²) < 4.78 is 31.7. The van der Waals surface area contributed by atoms with Crippen LogP contribution in [0.1, 0.15) is 18.2 Å². The van der Waals surface area contributed by atoms with E-state index in [2.05, 4.69) is 10.3 Å². The van der Waals surface area contributed by atoms with Crippen LogP contribution >= 0.6 is 0 Å². The number of aromatic nitrogens is 1. The average molecular weight is 398 g/mol. The van der Waals surface area contributed by atoms with Gasteiger partial charge in [-0.25, -0.2) is 4.79 Å². The number of carboxylic acid groups (broad SMARTS) is 1. The summed E-state index contributed by atoms with van der Waals surface area (Å²) in [7, 11) is 0. The van der Waals surface area contributed by atoms with E-state index in [1.165, 1.54) is 0 Å². The second-order valence-corrected chi connectivity index (χ2v) is 5.89. The van der Waals surface area contributed by atoms with Crippen molar-refractivity contribution < 1.29 is 32.7 Å². The summed E-state index contributed by atoms with van der Waals surface area (Å²) in [6, 6.07) is 7.29. The van der Waals surface area contributed by atoms with Crippen molar-refractivity contribution in [2.24, 2.45) is 5.73 Å². The molecule has 1 aromatic carbocycles. The molecule has 0 saturated carbocycles. The third kappa shape index (κ3) is 4.94. The van der Waals surface area contributed by atoms with Crippen LogP contribution in [-0.2, 0) is 14.4 Å². The van der Waals surface area contributed by atoms with Crippen molar-refractivity contribution in [1.82, 2.24) is 15.2 Å². The lowest BCUT2D eigenvalue weighted by Crippen LogP contribution is -2.41. The first-order valence-electron chi connectivity index (χ1n) is 8.04. The van der Waals surface area contributed by atoms with Gasteiger partial charge in [-0.1, -0.05) is 12.1 Å². The van der Waals surface area contributed by atoms with Gasteiger partial charge >= 0.3 is 12.1 Å². The number of carbonyl (C=O) groups excluding carboxylic acids is 2. The maximum atomic E-state index is 12.2. The molecule has 1 aliphatic heterocycles. The minimum Gasteiger partial charge on any atom is -0.475 e. The van der Waals surface area contributed by atoms with Gasteiger partial charge in [0.05, 0.1) is 0 Å². The number of aliphatic carboxylic acids is 1. The number of nitrogens with one attached hydrogen (secondary N) is 1. The van der Waals surface area contributed by atoms with Gasteiger partial charge in [0, 0.05) is 24.3 Å². The maximum absolute atomic E-state index is 12.2. The number of benzene rings is 1. The molecule has 2 aromatic rings. The first-order chi connectivity index (χ1) is 13.1. The molecule has 1 fully saturated rings. The molecule has 2 heterocycles. The van der Waals surface area contributed by atoms with Crippen LogP contribution in [0.5, 0.6) is 0 Å². The molecule has 150 valence electrons. The summed E-state index contributed by atoms with van der Waals surface area (Å²) in [6.07, 6.45) is -0.948. The highest BCUT2D eigenvalue weighted by molar-refractivity contribution is 5.86. The molecule has 1 saturated heterocycles. The van der Waals surface area contributed by atoms with E-state index in [0.717, 1.165) is 16.3 Å². The number of likely N-dealkylation sites (tertiary alicyclic amines) is 1. The van der Waals surface area contributed by atoms with E-state index in [1.807, 2.05) is 24.3 Å². The molecule has 0 aliphatic carbocycles. The number of halogens is 3. The molecular formula is C17H17F3N4O4. The fourth-order valence-corrected chi connectivity index (χ4v) is 2.68. The lowest BCUT2D eigenvalue weighted by atomic mass is 10.1. The van der Waals surface area contributed by atoms with Crippen LogP contribution < -0.4 is 11.1 Å². The van der Waals surface area contributed by atoms with E-state index in [-0.39, 0.29) is 5.91 Å². The van der Waals surface area contributed by atoms with Crippen LogP contribution in [0.25, 0.3) is 10.8 Å². The number of alkyl halides is 3. The molecule has 11 heteroatoms. The Balaban J connectivity index is 0.000000345. The summed E-state index contributed by atoms with van der Waals surface area (Å²) in [4.78, 5) is 37.2. The molecule has 4 N–H and O–H groups in total. The van der Waals surface area contributed by atoms with Crippen LogP contribution in [0.15, 0.2) is 36.7 Å². The first-order valence-corrected chi connectivity index (χ1v) is 8.04. The number of amides is 2. The van der Waals surface area contributed by atoms with E-state index >= 15 is 0 Å². The second kappa shape index (κ2) is 8.65. The van der Waals surface area contributed by atoms with Crippen LogP contribution in [0.4, 0.5) is 13.2 Å². The van der Waals surface area contributed by atoms with E-state index in [9.17, 15) is 22.8 Å². The summed E-state index contributed by atoms with van der Waals surface area (Å²) >= 11 is 0. The first kappa shape index (κ1) is 21.1. The highest BCUT2D eigenvalue weighted by atomic mass is 19.4. The maximum Gasteiger partial charge on any atom is 0.490 e. The molecule has 0 bridgehead atoms. The summed E-state index contributed by atoms with van der Waals surface area (Å²) in [5, 5.41) is 11.7. The minimum absolute atomic E-state index is 0.138. The summed E-state index contributed by atoms with van der Waals surface area (Å²) in [5.74, 6) is -2.90. The molecular weight excluding hydrogens is 381 g/mol. The fourth-order valence-electron chi connectivity index (χ4n) is 2.68. The van der Waals surface area contributed by atoms with Crippen molar-refractivity contribution in [3.8, 4) is 0 Å². The number of pyridine rings is 1. The third-order valence-corrected chi connectivity index (χ3v) is 4.09. The Morgan fingerprint density at radius 1 is 1.36 bits per heavy atom. The van der Waals surface area contributed by atoms with E-state index in [0.29, 0.717) is 19.4 Å². The zero-order chi connectivity index (χ0) is 20.9. The highest BCUT2D eigenvalue weighted by Crippen LogP contribution is 2.24. The largest absolute Gasteiger partial charge is 0.490 e. The van der Waals surface area contributed by atoms with Crippen molar-refractivity contribution in [1.29, 1.82) is 0 Å². The van der Waals surface area contributed by atoms with Crippen molar-refractivity contribution in [3.05, 3.63) is 42.2 Å². The number of nitrogens with two attached hydrogens (primary N) is 1. The number of rotatable bonds is 4. The van der Waals surface area contributed by atoms with E-state index in [4.69, 9.17) is 15.6 Å². The van der Waals surface area contributed by atoms with E-state index < -0.39 is 24.4 Å². The van der Waals surface area contributed by atoms with Crippen molar-refractivity contribution in [2.45, 2.75) is 24.8 Å². The van der Waals surface area contributed by atoms with Gasteiger partial charge in [-0.15, -0.1) is 0 Å². The predicted octanol–water partition coefficient (Wildman–Crippen LogP) is 1.17. The normalized spacial score (nSPS) is 17.6. The Labute approximate surface area is 157 Å². The number of carboxylic acids is 1. The minimum atomic E-state index is -5.08. The monoisotopic (exact) mass is 398 g/mol. The molecule has 0 unspecified atom stereocenters. The Hall–Kier alpha value is -3.21. The van der Waals surface area contributed by atoms with Gasteiger partial charge in [0.2, 0.25) is 12.3 Å².